The maximum absolute atomic E-state index is 12.3. The lowest BCUT2D eigenvalue weighted by molar-refractivity contribution is -0.149. The zero-order valence-electron chi connectivity index (χ0n) is 12.0. The van der Waals surface area contributed by atoms with E-state index in [-0.39, 0.29) is 6.04 Å². The maximum atomic E-state index is 12.3. The Morgan fingerprint density at radius 2 is 1.61 bits per heavy atom. The van der Waals surface area contributed by atoms with Gasteiger partial charge in [-0.05, 0) is 39.8 Å². The molecule has 18 heavy (non-hydrogen) atoms. The van der Waals surface area contributed by atoms with Crippen LogP contribution in [-0.4, -0.2) is 42.8 Å². The highest BCUT2D eigenvalue weighted by atomic mass is 19.4. The van der Waals surface area contributed by atoms with Gasteiger partial charge in [0.2, 0.25) is 0 Å². The molecule has 2 nitrogen and oxygen atoms in total. The van der Waals surface area contributed by atoms with E-state index >= 15 is 0 Å². The van der Waals surface area contributed by atoms with Crippen LogP contribution in [0.2, 0.25) is 0 Å². The number of hydrogen-bond donors (Lipinski definition) is 1. The van der Waals surface area contributed by atoms with Crippen molar-refractivity contribution in [2.75, 3.05) is 19.6 Å². The minimum Gasteiger partial charge on any atom is -0.315 e. The number of rotatable bonds is 9. The average Bonchev–Trinajstić information content (AvgIpc) is 2.18. The van der Waals surface area contributed by atoms with Crippen LogP contribution in [0.5, 0.6) is 0 Å². The summed E-state index contributed by atoms with van der Waals surface area (Å²) in [5, 5.41) is 3.30. The van der Waals surface area contributed by atoms with E-state index in [0.717, 1.165) is 25.8 Å². The quantitative estimate of drug-likeness (QED) is 0.645. The van der Waals surface area contributed by atoms with Gasteiger partial charge in [-0.2, -0.15) is 13.2 Å². The molecule has 0 spiro atoms. The van der Waals surface area contributed by atoms with Gasteiger partial charge in [-0.3, -0.25) is 4.90 Å². The smallest absolute Gasteiger partial charge is 0.315 e. The topological polar surface area (TPSA) is 15.3 Å². The first-order valence-electron chi connectivity index (χ1n) is 6.76. The maximum Gasteiger partial charge on any atom is 0.401 e. The Morgan fingerprint density at radius 1 is 1.00 bits per heavy atom. The van der Waals surface area contributed by atoms with Crippen molar-refractivity contribution in [2.45, 2.75) is 65.2 Å². The second kappa shape index (κ2) is 8.75. The largest absolute Gasteiger partial charge is 0.401 e. The van der Waals surface area contributed by atoms with Crippen LogP contribution in [0.4, 0.5) is 13.2 Å². The Kier molecular flexibility index (Phi) is 8.61. The van der Waals surface area contributed by atoms with Crippen LogP contribution in [-0.2, 0) is 0 Å². The van der Waals surface area contributed by atoms with Gasteiger partial charge < -0.3 is 5.32 Å². The minimum absolute atomic E-state index is 0.0552. The van der Waals surface area contributed by atoms with Crippen molar-refractivity contribution in [1.29, 1.82) is 0 Å². The van der Waals surface area contributed by atoms with E-state index in [1.165, 1.54) is 4.90 Å². The molecule has 110 valence electrons. The van der Waals surface area contributed by atoms with Crippen LogP contribution < -0.4 is 5.32 Å². The molecule has 0 aliphatic rings. The van der Waals surface area contributed by atoms with Gasteiger partial charge in [0.1, 0.15) is 0 Å². The summed E-state index contributed by atoms with van der Waals surface area (Å²) in [5.74, 6) is 0. The lowest BCUT2D eigenvalue weighted by Crippen LogP contribution is -2.39. The third kappa shape index (κ3) is 10.8. The van der Waals surface area contributed by atoms with Crippen LogP contribution in [0.15, 0.2) is 0 Å². The molecular formula is C13H27F3N2. The summed E-state index contributed by atoms with van der Waals surface area (Å²) >= 11 is 0. The Morgan fingerprint density at radius 3 is 2.06 bits per heavy atom. The molecule has 0 atom stereocenters. The van der Waals surface area contributed by atoms with Gasteiger partial charge in [0.15, 0.2) is 0 Å². The molecule has 0 bridgehead atoms. The third-order valence-electron chi connectivity index (χ3n) is 2.79. The van der Waals surface area contributed by atoms with Gasteiger partial charge in [0.05, 0.1) is 6.54 Å². The van der Waals surface area contributed by atoms with Gasteiger partial charge in [0.25, 0.3) is 0 Å². The second-order valence-corrected chi connectivity index (χ2v) is 5.35. The predicted octanol–water partition coefficient (Wildman–Crippen LogP) is 3.43. The van der Waals surface area contributed by atoms with Crippen molar-refractivity contribution in [3.63, 3.8) is 0 Å². The van der Waals surface area contributed by atoms with E-state index in [2.05, 4.69) is 19.2 Å². The van der Waals surface area contributed by atoms with E-state index < -0.39 is 12.7 Å². The SMILES string of the molecule is CC(C)NCCCCCN(CC(F)(F)F)C(C)C. The zero-order valence-corrected chi connectivity index (χ0v) is 12.0. The molecule has 0 fully saturated rings. The Hall–Kier alpha value is -0.290. The molecule has 0 aromatic rings. The Labute approximate surface area is 109 Å². The molecule has 0 aromatic heterocycles. The van der Waals surface area contributed by atoms with E-state index in [1.807, 2.05) is 13.8 Å². The lowest BCUT2D eigenvalue weighted by Gasteiger charge is -2.27. The molecule has 0 radical (unpaired) electrons. The molecule has 0 aliphatic heterocycles. The summed E-state index contributed by atoms with van der Waals surface area (Å²) in [6.45, 7) is 8.47. The molecule has 0 aliphatic carbocycles. The standard InChI is InChI=1S/C13H27F3N2/c1-11(2)17-8-6-5-7-9-18(12(3)4)10-13(14,15)16/h11-12,17H,5-10H2,1-4H3. The predicted molar refractivity (Wildman–Crippen MR) is 69.8 cm³/mol. The highest BCUT2D eigenvalue weighted by Crippen LogP contribution is 2.18. The summed E-state index contributed by atoms with van der Waals surface area (Å²) in [7, 11) is 0. The lowest BCUT2D eigenvalue weighted by atomic mass is 10.2. The normalized spacial score (nSPS) is 13.0. The van der Waals surface area contributed by atoms with Gasteiger partial charge >= 0.3 is 6.18 Å². The van der Waals surface area contributed by atoms with E-state index in [1.54, 1.807) is 0 Å². The van der Waals surface area contributed by atoms with Crippen molar-refractivity contribution < 1.29 is 13.2 Å². The van der Waals surface area contributed by atoms with Gasteiger partial charge in [-0.1, -0.05) is 20.3 Å². The number of hydrogen-bond acceptors (Lipinski definition) is 2. The van der Waals surface area contributed by atoms with Crippen molar-refractivity contribution in [2.24, 2.45) is 0 Å². The molecule has 0 aromatic carbocycles. The number of alkyl halides is 3. The monoisotopic (exact) mass is 268 g/mol. The van der Waals surface area contributed by atoms with Crippen molar-refractivity contribution >= 4 is 0 Å². The first-order valence-corrected chi connectivity index (χ1v) is 6.76. The van der Waals surface area contributed by atoms with E-state index in [9.17, 15) is 13.2 Å². The van der Waals surface area contributed by atoms with Crippen molar-refractivity contribution in [3.05, 3.63) is 0 Å². The van der Waals surface area contributed by atoms with Crippen LogP contribution in [0.1, 0.15) is 47.0 Å². The minimum atomic E-state index is -4.09. The average molecular weight is 268 g/mol. The highest BCUT2D eigenvalue weighted by molar-refractivity contribution is 4.67. The molecule has 0 unspecified atom stereocenters. The van der Waals surface area contributed by atoms with Gasteiger partial charge in [-0.25, -0.2) is 0 Å². The number of nitrogens with zero attached hydrogens (tertiary/aromatic N) is 1. The number of unbranched alkanes of at least 4 members (excludes halogenated alkanes) is 2. The van der Waals surface area contributed by atoms with E-state index in [0.29, 0.717) is 12.6 Å². The number of halogens is 3. The van der Waals surface area contributed by atoms with Crippen molar-refractivity contribution in [3.8, 4) is 0 Å². The molecule has 0 amide bonds. The van der Waals surface area contributed by atoms with Crippen LogP contribution in [0.25, 0.3) is 0 Å². The highest BCUT2D eigenvalue weighted by Gasteiger charge is 2.31. The van der Waals surface area contributed by atoms with Crippen LogP contribution in [0.3, 0.4) is 0 Å². The first kappa shape index (κ1) is 17.7. The van der Waals surface area contributed by atoms with Crippen LogP contribution >= 0.6 is 0 Å². The summed E-state index contributed by atoms with van der Waals surface area (Å²) in [5.41, 5.74) is 0. The van der Waals surface area contributed by atoms with Gasteiger partial charge in [0, 0.05) is 12.1 Å². The number of nitrogens with one attached hydrogen (secondary N) is 1. The first-order chi connectivity index (χ1) is 8.22. The molecule has 1 N–H and O–H groups in total. The third-order valence-corrected chi connectivity index (χ3v) is 2.79. The molecule has 0 saturated carbocycles. The molecule has 0 heterocycles. The second-order valence-electron chi connectivity index (χ2n) is 5.35. The van der Waals surface area contributed by atoms with E-state index in [4.69, 9.17) is 0 Å². The van der Waals surface area contributed by atoms with Crippen molar-refractivity contribution in [1.82, 2.24) is 10.2 Å². The summed E-state index contributed by atoms with van der Waals surface area (Å²) in [6.07, 6.45) is -1.27. The zero-order chi connectivity index (χ0) is 14.2. The summed E-state index contributed by atoms with van der Waals surface area (Å²) in [6, 6.07) is 0.419. The molecule has 0 saturated heterocycles. The molecule has 0 rings (SSSR count). The Bertz CT molecular complexity index is 203. The summed E-state index contributed by atoms with van der Waals surface area (Å²) < 4.78 is 37.0. The Balaban J connectivity index is 3.72. The summed E-state index contributed by atoms with van der Waals surface area (Å²) in [4.78, 5) is 1.50. The fourth-order valence-corrected chi connectivity index (χ4v) is 1.76. The fourth-order valence-electron chi connectivity index (χ4n) is 1.76. The molecule has 5 heteroatoms. The molecular weight excluding hydrogens is 241 g/mol. The van der Waals surface area contributed by atoms with Gasteiger partial charge in [-0.15, -0.1) is 0 Å². The van der Waals surface area contributed by atoms with Crippen LogP contribution in [0, 0.1) is 0 Å². The fraction of sp³-hybridized carbons (Fsp3) is 1.00.